The number of carbonyl (C=O) groups is 2. The zero-order chi connectivity index (χ0) is 18.5. The number of tetrazole rings is 1. The van der Waals surface area contributed by atoms with Crippen molar-refractivity contribution >= 4 is 23.4 Å². The van der Waals surface area contributed by atoms with E-state index in [-0.39, 0.29) is 0 Å². The number of benzene rings is 1. The highest BCUT2D eigenvalue weighted by atomic mass is 35.5. The number of nitrogens with zero attached hydrogens (tertiary/aromatic N) is 4. The minimum absolute atomic E-state index is 0.335. The lowest BCUT2D eigenvalue weighted by atomic mass is 10.2. The third-order valence-corrected chi connectivity index (χ3v) is 3.89. The number of aromatic nitrogens is 5. The Morgan fingerprint density at radius 1 is 1.23 bits per heavy atom. The third-order valence-electron chi connectivity index (χ3n) is 3.64. The smallest absolute Gasteiger partial charge is 0.286 e. The zero-order valence-electron chi connectivity index (χ0n) is 13.8. The summed E-state index contributed by atoms with van der Waals surface area (Å²) in [6, 6.07) is 9.53. The van der Waals surface area contributed by atoms with Crippen molar-refractivity contribution in [3.05, 3.63) is 53.3 Å². The molecule has 1 atom stereocenters. The normalized spacial score (nSPS) is 11.8. The van der Waals surface area contributed by atoms with E-state index in [1.807, 2.05) is 6.92 Å². The minimum atomic E-state index is -0.715. The molecule has 0 aliphatic heterocycles. The van der Waals surface area contributed by atoms with Crippen LogP contribution in [0, 0.1) is 0 Å². The number of hydrazine groups is 1. The second kappa shape index (κ2) is 7.79. The van der Waals surface area contributed by atoms with Crippen LogP contribution in [0.2, 0.25) is 5.02 Å². The molecule has 9 nitrogen and oxygen atoms in total. The van der Waals surface area contributed by atoms with E-state index in [0.29, 0.717) is 23.0 Å². The highest BCUT2D eigenvalue weighted by molar-refractivity contribution is 6.30. The molecule has 2 aromatic heterocycles. The summed E-state index contributed by atoms with van der Waals surface area (Å²) in [5, 5.41) is 12.8. The fourth-order valence-corrected chi connectivity index (χ4v) is 2.39. The van der Waals surface area contributed by atoms with E-state index >= 15 is 0 Å². The quantitative estimate of drug-likeness (QED) is 0.589. The molecule has 26 heavy (non-hydrogen) atoms. The molecule has 0 radical (unpaired) electrons. The van der Waals surface area contributed by atoms with Crippen LogP contribution in [0.1, 0.15) is 29.9 Å². The predicted molar refractivity (Wildman–Crippen MR) is 94.0 cm³/mol. The van der Waals surface area contributed by atoms with Gasteiger partial charge in [0.2, 0.25) is 5.82 Å². The number of H-pyrrole nitrogens is 1. The molecule has 10 heteroatoms. The molecule has 3 rings (SSSR count). The first kappa shape index (κ1) is 17.6. The number of hydrogen-bond donors (Lipinski definition) is 3. The van der Waals surface area contributed by atoms with Gasteiger partial charge in [0.05, 0.1) is 0 Å². The van der Waals surface area contributed by atoms with Crippen LogP contribution in [-0.2, 0) is 4.79 Å². The number of rotatable bonds is 5. The topological polar surface area (TPSA) is 118 Å². The maximum atomic E-state index is 12.4. The van der Waals surface area contributed by atoms with Crippen LogP contribution in [0.15, 0.2) is 42.6 Å². The Labute approximate surface area is 153 Å². The number of aromatic amines is 1. The number of carbonyl (C=O) groups excluding carboxylic acids is 2. The van der Waals surface area contributed by atoms with Gasteiger partial charge in [-0.2, -0.15) is 4.80 Å². The molecule has 0 bridgehead atoms. The van der Waals surface area contributed by atoms with Gasteiger partial charge in [-0.3, -0.25) is 20.4 Å². The Hall–Kier alpha value is -3.20. The maximum absolute atomic E-state index is 12.4. The first-order valence-electron chi connectivity index (χ1n) is 7.87. The van der Waals surface area contributed by atoms with Crippen LogP contribution in [0.4, 0.5) is 0 Å². The number of halogens is 1. The number of amides is 2. The van der Waals surface area contributed by atoms with Crippen molar-refractivity contribution in [1.29, 1.82) is 0 Å². The van der Waals surface area contributed by atoms with Gasteiger partial charge in [0.15, 0.2) is 6.04 Å². The summed E-state index contributed by atoms with van der Waals surface area (Å²) in [6.45, 7) is 1.81. The van der Waals surface area contributed by atoms with Gasteiger partial charge < -0.3 is 4.98 Å². The lowest BCUT2D eigenvalue weighted by Gasteiger charge is -2.13. The molecule has 0 saturated carbocycles. The van der Waals surface area contributed by atoms with Crippen LogP contribution in [0.3, 0.4) is 0 Å². The first-order chi connectivity index (χ1) is 12.6. The SMILES string of the molecule is CCC(C(=O)NNC(=O)c1ccc[nH]1)n1nnc(-c2ccc(Cl)cc2)n1. The lowest BCUT2D eigenvalue weighted by molar-refractivity contribution is -0.125. The van der Waals surface area contributed by atoms with E-state index < -0.39 is 17.9 Å². The van der Waals surface area contributed by atoms with Crippen LogP contribution in [-0.4, -0.2) is 37.0 Å². The van der Waals surface area contributed by atoms with Gasteiger partial charge in [-0.05, 0) is 48.0 Å². The van der Waals surface area contributed by atoms with Crippen molar-refractivity contribution in [2.75, 3.05) is 0 Å². The molecule has 3 N–H and O–H groups in total. The molecule has 0 fully saturated rings. The molecular formula is C16H16ClN7O2. The van der Waals surface area contributed by atoms with E-state index in [1.165, 1.54) is 4.80 Å². The van der Waals surface area contributed by atoms with Crippen molar-refractivity contribution in [3.8, 4) is 11.4 Å². The summed E-state index contributed by atoms with van der Waals surface area (Å²) >= 11 is 5.86. The van der Waals surface area contributed by atoms with Crippen LogP contribution < -0.4 is 10.9 Å². The molecule has 0 aliphatic rings. The molecule has 2 amide bonds. The summed E-state index contributed by atoms with van der Waals surface area (Å²) in [4.78, 5) is 28.2. The maximum Gasteiger partial charge on any atom is 0.286 e. The van der Waals surface area contributed by atoms with Gasteiger partial charge in [0, 0.05) is 16.8 Å². The van der Waals surface area contributed by atoms with Crippen molar-refractivity contribution in [1.82, 2.24) is 36.0 Å². The van der Waals surface area contributed by atoms with Gasteiger partial charge in [0.25, 0.3) is 11.8 Å². The summed E-state index contributed by atoms with van der Waals surface area (Å²) < 4.78 is 0. The van der Waals surface area contributed by atoms with Crippen molar-refractivity contribution < 1.29 is 9.59 Å². The largest absolute Gasteiger partial charge is 0.357 e. The van der Waals surface area contributed by atoms with Gasteiger partial charge in [-0.25, -0.2) is 0 Å². The highest BCUT2D eigenvalue weighted by Crippen LogP contribution is 2.18. The van der Waals surface area contributed by atoms with Crippen molar-refractivity contribution in [2.24, 2.45) is 0 Å². The molecule has 0 saturated heterocycles. The summed E-state index contributed by atoms with van der Waals surface area (Å²) in [6.07, 6.45) is 2.03. The molecule has 0 aliphatic carbocycles. The zero-order valence-corrected chi connectivity index (χ0v) is 14.6. The van der Waals surface area contributed by atoms with E-state index in [4.69, 9.17) is 11.6 Å². The van der Waals surface area contributed by atoms with Gasteiger partial charge in [-0.15, -0.1) is 10.2 Å². The molecule has 0 spiro atoms. The molecular weight excluding hydrogens is 358 g/mol. The number of nitrogens with one attached hydrogen (secondary N) is 3. The van der Waals surface area contributed by atoms with E-state index in [2.05, 4.69) is 31.2 Å². The Bertz CT molecular complexity index is 890. The van der Waals surface area contributed by atoms with Crippen LogP contribution >= 0.6 is 11.6 Å². The van der Waals surface area contributed by atoms with Crippen LogP contribution in [0.25, 0.3) is 11.4 Å². The van der Waals surface area contributed by atoms with Gasteiger partial charge in [-0.1, -0.05) is 18.5 Å². The minimum Gasteiger partial charge on any atom is -0.357 e. The Morgan fingerprint density at radius 3 is 2.65 bits per heavy atom. The number of hydrogen-bond acceptors (Lipinski definition) is 5. The molecule has 3 aromatic rings. The standard InChI is InChI=1S/C16H16ClN7O2/c1-2-13(16(26)21-20-15(25)12-4-3-9-18-12)24-22-14(19-23-24)10-5-7-11(17)8-6-10/h3-9,13,18H,2H2,1H3,(H,20,25)(H,21,26). The van der Waals surface area contributed by atoms with E-state index in [1.54, 1.807) is 42.6 Å². The van der Waals surface area contributed by atoms with E-state index in [9.17, 15) is 9.59 Å². The van der Waals surface area contributed by atoms with Gasteiger partial charge >= 0.3 is 0 Å². The highest BCUT2D eigenvalue weighted by Gasteiger charge is 2.22. The monoisotopic (exact) mass is 373 g/mol. The molecule has 134 valence electrons. The van der Waals surface area contributed by atoms with Crippen LogP contribution in [0.5, 0.6) is 0 Å². The van der Waals surface area contributed by atoms with Crippen molar-refractivity contribution in [3.63, 3.8) is 0 Å². The average molecular weight is 374 g/mol. The van der Waals surface area contributed by atoms with Gasteiger partial charge in [0.1, 0.15) is 5.69 Å². The van der Waals surface area contributed by atoms with E-state index in [0.717, 1.165) is 5.56 Å². The fourth-order valence-electron chi connectivity index (χ4n) is 2.27. The fraction of sp³-hybridized carbons (Fsp3) is 0.188. The summed E-state index contributed by atoms with van der Waals surface area (Å²) in [7, 11) is 0. The Kier molecular flexibility index (Phi) is 5.28. The summed E-state index contributed by atoms with van der Waals surface area (Å²) in [5.41, 5.74) is 5.78. The molecule has 1 unspecified atom stereocenters. The Balaban J connectivity index is 1.67. The third kappa shape index (κ3) is 3.89. The average Bonchev–Trinajstić information content (AvgIpc) is 3.33. The lowest BCUT2D eigenvalue weighted by Crippen LogP contribution is -2.45. The Morgan fingerprint density at radius 2 is 2.00 bits per heavy atom. The second-order valence-corrected chi connectivity index (χ2v) is 5.83. The molecule has 2 heterocycles. The first-order valence-corrected chi connectivity index (χ1v) is 8.25. The second-order valence-electron chi connectivity index (χ2n) is 5.39. The predicted octanol–water partition coefficient (Wildman–Crippen LogP) is 1.73. The molecule has 1 aromatic carbocycles. The summed E-state index contributed by atoms with van der Waals surface area (Å²) in [5.74, 6) is -0.526. The van der Waals surface area contributed by atoms with Crippen molar-refractivity contribution in [2.45, 2.75) is 19.4 Å².